The van der Waals surface area contributed by atoms with Gasteiger partial charge in [0.2, 0.25) is 0 Å². The van der Waals surface area contributed by atoms with Crippen LogP contribution in [0.1, 0.15) is 20.8 Å². The number of nitrogens with one attached hydrogen (secondary N) is 2. The van der Waals surface area contributed by atoms with Crippen LogP contribution in [-0.4, -0.2) is 17.5 Å². The first-order valence-corrected chi connectivity index (χ1v) is 3.60. The zero-order valence-electron chi connectivity index (χ0n) is 6.89. The molecule has 62 valence electrons. The molecule has 0 saturated carbocycles. The number of urea groups is 1. The minimum absolute atomic E-state index is 0.106. The molecule has 1 aliphatic rings. The third-order valence-electron chi connectivity index (χ3n) is 2.23. The van der Waals surface area contributed by atoms with Crippen LogP contribution in [0.3, 0.4) is 0 Å². The summed E-state index contributed by atoms with van der Waals surface area (Å²) in [7, 11) is 0. The number of hydrogen-bond acceptors (Lipinski definition) is 2. The quantitative estimate of drug-likeness (QED) is 0.534. The summed E-state index contributed by atoms with van der Waals surface area (Å²) < 4.78 is 0. The lowest BCUT2D eigenvalue weighted by molar-refractivity contribution is -0.124. The number of imide groups is 1. The number of carbonyl (C=O) groups is 2. The number of rotatable bonds is 1. The highest BCUT2D eigenvalue weighted by molar-refractivity contribution is 6.06. The van der Waals surface area contributed by atoms with Gasteiger partial charge in [0.25, 0.3) is 5.91 Å². The monoisotopic (exact) mass is 156 g/mol. The molecule has 4 heteroatoms. The van der Waals surface area contributed by atoms with Crippen LogP contribution in [0.15, 0.2) is 0 Å². The highest BCUT2D eigenvalue weighted by Gasteiger charge is 2.44. The smallest absolute Gasteiger partial charge is 0.322 e. The van der Waals surface area contributed by atoms with Gasteiger partial charge in [0.05, 0.1) is 0 Å². The molecule has 0 aliphatic carbocycles. The normalized spacial score (nSPS) is 30.5. The van der Waals surface area contributed by atoms with E-state index in [0.29, 0.717) is 0 Å². The van der Waals surface area contributed by atoms with Gasteiger partial charge >= 0.3 is 6.03 Å². The Labute approximate surface area is 65.3 Å². The Hall–Kier alpha value is -1.06. The molecule has 0 aromatic carbocycles. The van der Waals surface area contributed by atoms with Crippen molar-refractivity contribution < 1.29 is 9.59 Å². The third-order valence-corrected chi connectivity index (χ3v) is 2.23. The molecule has 11 heavy (non-hydrogen) atoms. The molecule has 1 aliphatic heterocycles. The number of amides is 3. The predicted molar refractivity (Wildman–Crippen MR) is 39.9 cm³/mol. The van der Waals surface area contributed by atoms with E-state index in [1.165, 1.54) is 0 Å². The van der Waals surface area contributed by atoms with E-state index < -0.39 is 11.6 Å². The van der Waals surface area contributed by atoms with E-state index in [0.717, 1.165) is 0 Å². The molecule has 4 nitrogen and oxygen atoms in total. The van der Waals surface area contributed by atoms with E-state index in [-0.39, 0.29) is 11.8 Å². The Bertz CT molecular complexity index is 212. The molecule has 0 bridgehead atoms. The molecule has 3 amide bonds. The van der Waals surface area contributed by atoms with Crippen molar-refractivity contribution in [3.63, 3.8) is 0 Å². The van der Waals surface area contributed by atoms with Crippen LogP contribution in [0.5, 0.6) is 0 Å². The van der Waals surface area contributed by atoms with Crippen molar-refractivity contribution >= 4 is 11.9 Å². The van der Waals surface area contributed by atoms with Crippen LogP contribution in [0, 0.1) is 5.92 Å². The van der Waals surface area contributed by atoms with Crippen LogP contribution in [0.2, 0.25) is 0 Å². The second-order valence-corrected chi connectivity index (χ2v) is 3.27. The van der Waals surface area contributed by atoms with Gasteiger partial charge in [-0.05, 0) is 12.8 Å². The maximum absolute atomic E-state index is 11.2. The average molecular weight is 156 g/mol. The fourth-order valence-corrected chi connectivity index (χ4v) is 0.963. The highest BCUT2D eigenvalue weighted by atomic mass is 16.2. The van der Waals surface area contributed by atoms with Crippen molar-refractivity contribution in [1.82, 2.24) is 10.6 Å². The summed E-state index contributed by atoms with van der Waals surface area (Å²) in [5.74, 6) is -0.133. The molecule has 0 spiro atoms. The zero-order valence-corrected chi connectivity index (χ0v) is 6.89. The van der Waals surface area contributed by atoms with Crippen molar-refractivity contribution in [2.24, 2.45) is 5.92 Å². The van der Waals surface area contributed by atoms with Gasteiger partial charge in [-0.3, -0.25) is 10.1 Å². The van der Waals surface area contributed by atoms with Crippen LogP contribution >= 0.6 is 0 Å². The summed E-state index contributed by atoms with van der Waals surface area (Å²) in [4.78, 5) is 21.9. The topological polar surface area (TPSA) is 58.2 Å². The lowest BCUT2D eigenvalue weighted by Gasteiger charge is -2.24. The van der Waals surface area contributed by atoms with E-state index in [9.17, 15) is 9.59 Å². The van der Waals surface area contributed by atoms with Crippen LogP contribution in [-0.2, 0) is 4.79 Å². The molecule has 0 aromatic heterocycles. The molecule has 1 heterocycles. The van der Waals surface area contributed by atoms with E-state index in [1.807, 2.05) is 13.8 Å². The first-order chi connectivity index (χ1) is 4.97. The van der Waals surface area contributed by atoms with Crippen LogP contribution < -0.4 is 10.6 Å². The number of carbonyl (C=O) groups excluding carboxylic acids is 2. The summed E-state index contributed by atoms with van der Waals surface area (Å²) in [5, 5.41) is 4.78. The van der Waals surface area contributed by atoms with Crippen molar-refractivity contribution in [1.29, 1.82) is 0 Å². The first kappa shape index (κ1) is 8.04. The fraction of sp³-hybridized carbons (Fsp3) is 0.714. The van der Waals surface area contributed by atoms with E-state index in [2.05, 4.69) is 10.6 Å². The van der Waals surface area contributed by atoms with Gasteiger partial charge < -0.3 is 5.32 Å². The van der Waals surface area contributed by atoms with Gasteiger partial charge in [-0.1, -0.05) is 13.8 Å². The minimum Gasteiger partial charge on any atom is -0.323 e. The molecule has 1 rings (SSSR count). The largest absolute Gasteiger partial charge is 0.323 e. The predicted octanol–water partition coefficient (Wildman–Crippen LogP) is 0.241. The molecular weight excluding hydrogens is 144 g/mol. The molecular formula is C7H12N2O2. The third kappa shape index (κ3) is 1.08. The van der Waals surface area contributed by atoms with Crippen molar-refractivity contribution in [2.45, 2.75) is 26.3 Å². The first-order valence-electron chi connectivity index (χ1n) is 3.60. The molecule has 0 unspecified atom stereocenters. The Morgan fingerprint density at radius 2 is 1.91 bits per heavy atom. The summed E-state index contributed by atoms with van der Waals surface area (Å²) in [6, 6.07) is -0.397. The second kappa shape index (κ2) is 2.22. The highest BCUT2D eigenvalue weighted by Crippen LogP contribution is 2.19. The van der Waals surface area contributed by atoms with Gasteiger partial charge in [-0.15, -0.1) is 0 Å². The Kier molecular flexibility index (Phi) is 1.62. The van der Waals surface area contributed by atoms with Crippen molar-refractivity contribution in [3.8, 4) is 0 Å². The molecule has 1 saturated heterocycles. The SMILES string of the molecule is CC(C)[C@]1(C)NC(=O)NC1=O. The van der Waals surface area contributed by atoms with E-state index in [4.69, 9.17) is 0 Å². The summed E-state index contributed by atoms with van der Waals surface area (Å²) >= 11 is 0. The maximum atomic E-state index is 11.2. The standard InChI is InChI=1S/C7H12N2O2/c1-4(2)7(3)5(10)8-6(11)9-7/h4H,1-3H3,(H2,8,9,10,11)/t7-/m0/s1. The molecule has 1 fully saturated rings. The number of hydrogen-bond donors (Lipinski definition) is 2. The van der Waals surface area contributed by atoms with Crippen LogP contribution in [0.25, 0.3) is 0 Å². The van der Waals surface area contributed by atoms with Gasteiger partial charge in [0, 0.05) is 0 Å². The molecule has 2 N–H and O–H groups in total. The lowest BCUT2D eigenvalue weighted by atomic mass is 9.89. The maximum Gasteiger partial charge on any atom is 0.322 e. The fourth-order valence-electron chi connectivity index (χ4n) is 0.963. The average Bonchev–Trinajstić information content (AvgIpc) is 2.08. The zero-order chi connectivity index (χ0) is 8.65. The van der Waals surface area contributed by atoms with Gasteiger partial charge in [0.15, 0.2) is 0 Å². The second-order valence-electron chi connectivity index (χ2n) is 3.27. The molecule has 1 atom stereocenters. The van der Waals surface area contributed by atoms with Crippen LogP contribution in [0.4, 0.5) is 4.79 Å². The Morgan fingerprint density at radius 1 is 1.36 bits per heavy atom. The molecule has 0 radical (unpaired) electrons. The lowest BCUT2D eigenvalue weighted by Crippen LogP contribution is -2.48. The van der Waals surface area contributed by atoms with Crippen molar-refractivity contribution in [2.75, 3.05) is 0 Å². The van der Waals surface area contributed by atoms with E-state index >= 15 is 0 Å². The minimum atomic E-state index is -0.725. The Balaban J connectivity index is 2.87. The summed E-state index contributed by atoms with van der Waals surface area (Å²) in [6.07, 6.45) is 0. The van der Waals surface area contributed by atoms with Gasteiger partial charge in [-0.2, -0.15) is 0 Å². The summed E-state index contributed by atoms with van der Waals surface area (Å²) in [6.45, 7) is 5.51. The Morgan fingerprint density at radius 3 is 2.09 bits per heavy atom. The van der Waals surface area contributed by atoms with E-state index in [1.54, 1.807) is 6.92 Å². The van der Waals surface area contributed by atoms with Gasteiger partial charge in [-0.25, -0.2) is 4.79 Å². The summed E-state index contributed by atoms with van der Waals surface area (Å²) in [5.41, 5.74) is -0.725. The van der Waals surface area contributed by atoms with Gasteiger partial charge in [0.1, 0.15) is 5.54 Å². The molecule has 0 aromatic rings. The van der Waals surface area contributed by atoms with Crippen molar-refractivity contribution in [3.05, 3.63) is 0 Å².